The summed E-state index contributed by atoms with van der Waals surface area (Å²) < 4.78 is 21.2. The molecule has 3 rings (SSSR count). The fraction of sp³-hybridized carbons (Fsp3) is 0.409. The van der Waals surface area contributed by atoms with Crippen molar-refractivity contribution in [1.29, 1.82) is 0 Å². The first-order valence-corrected chi connectivity index (χ1v) is 10.4. The molecular weight excluding hydrogens is 383 g/mol. The van der Waals surface area contributed by atoms with Crippen LogP contribution in [0.2, 0.25) is 0 Å². The van der Waals surface area contributed by atoms with E-state index in [0.717, 1.165) is 49.8 Å². The van der Waals surface area contributed by atoms with Crippen LogP contribution >= 0.6 is 0 Å². The molecule has 0 amide bonds. The molecule has 0 saturated carbocycles. The van der Waals surface area contributed by atoms with E-state index in [-0.39, 0.29) is 11.9 Å². The smallest absolute Gasteiger partial charge is 0.191 e. The Bertz CT molecular complexity index is 957. The summed E-state index contributed by atoms with van der Waals surface area (Å²) in [6, 6.07) is 12.1. The van der Waals surface area contributed by atoms with Gasteiger partial charge in [0.15, 0.2) is 11.6 Å². The first-order chi connectivity index (χ1) is 14.7. The van der Waals surface area contributed by atoms with Crippen molar-refractivity contribution in [2.45, 2.75) is 39.2 Å². The standard InChI is InChI=1S/C22H29FN6O/c1-3-18(30-19-10-7-9-17(23)15-19)16-26-22(24-4-2)25-13-8-12-21-28-27-20-11-5-6-14-29(20)21/h5-7,9-11,14-15,18H,3-4,8,12-13,16H2,1-2H3,(H2,24,25,26). The van der Waals surface area contributed by atoms with Gasteiger partial charge in [-0.05, 0) is 44.0 Å². The molecule has 1 atom stereocenters. The first kappa shape index (κ1) is 21.5. The number of rotatable bonds is 10. The van der Waals surface area contributed by atoms with Crippen molar-refractivity contribution >= 4 is 11.6 Å². The zero-order valence-electron chi connectivity index (χ0n) is 17.5. The molecule has 3 aromatic rings. The molecule has 0 aliphatic rings. The first-order valence-electron chi connectivity index (χ1n) is 10.4. The monoisotopic (exact) mass is 412 g/mol. The Morgan fingerprint density at radius 3 is 2.87 bits per heavy atom. The maximum absolute atomic E-state index is 13.4. The molecule has 8 heteroatoms. The van der Waals surface area contributed by atoms with E-state index in [1.54, 1.807) is 12.1 Å². The zero-order chi connectivity index (χ0) is 21.2. The normalized spacial score (nSPS) is 12.7. The van der Waals surface area contributed by atoms with Gasteiger partial charge in [0.25, 0.3) is 0 Å². The van der Waals surface area contributed by atoms with E-state index in [1.165, 1.54) is 12.1 Å². The average Bonchev–Trinajstić information content (AvgIpc) is 3.17. The van der Waals surface area contributed by atoms with Crippen molar-refractivity contribution < 1.29 is 9.13 Å². The van der Waals surface area contributed by atoms with Gasteiger partial charge in [-0.2, -0.15) is 0 Å². The largest absolute Gasteiger partial charge is 0.488 e. The van der Waals surface area contributed by atoms with Gasteiger partial charge in [0.05, 0.1) is 6.54 Å². The predicted octanol–water partition coefficient (Wildman–Crippen LogP) is 3.21. The number of fused-ring (bicyclic) bond motifs is 1. The number of pyridine rings is 1. The number of hydrogen-bond donors (Lipinski definition) is 2. The summed E-state index contributed by atoms with van der Waals surface area (Å²) in [4.78, 5) is 4.63. The van der Waals surface area contributed by atoms with Crippen LogP contribution in [0.5, 0.6) is 5.75 Å². The molecule has 160 valence electrons. The van der Waals surface area contributed by atoms with Gasteiger partial charge < -0.3 is 15.4 Å². The second-order valence-corrected chi connectivity index (χ2v) is 6.90. The van der Waals surface area contributed by atoms with Crippen molar-refractivity contribution in [3.8, 4) is 5.75 Å². The number of aliphatic imine (C=N–C) groups is 1. The highest BCUT2D eigenvalue weighted by molar-refractivity contribution is 5.79. The summed E-state index contributed by atoms with van der Waals surface area (Å²) in [5.41, 5.74) is 0.860. The number of halogens is 1. The Hall–Kier alpha value is -3.16. The highest BCUT2D eigenvalue weighted by Gasteiger charge is 2.09. The number of aryl methyl sites for hydroxylation is 1. The Morgan fingerprint density at radius 1 is 1.17 bits per heavy atom. The minimum absolute atomic E-state index is 0.121. The van der Waals surface area contributed by atoms with Crippen LogP contribution in [0.15, 0.2) is 53.7 Å². The van der Waals surface area contributed by atoms with E-state index in [1.807, 2.05) is 42.6 Å². The zero-order valence-corrected chi connectivity index (χ0v) is 17.5. The number of aromatic nitrogens is 3. The van der Waals surface area contributed by atoms with Crippen LogP contribution in [0, 0.1) is 5.82 Å². The molecule has 0 bridgehead atoms. The van der Waals surface area contributed by atoms with Crippen LogP contribution in [0.25, 0.3) is 5.65 Å². The lowest BCUT2D eigenvalue weighted by Crippen LogP contribution is -2.38. The molecule has 7 nitrogen and oxygen atoms in total. The van der Waals surface area contributed by atoms with E-state index >= 15 is 0 Å². The Labute approximate surface area is 176 Å². The van der Waals surface area contributed by atoms with Crippen LogP contribution < -0.4 is 15.4 Å². The van der Waals surface area contributed by atoms with E-state index in [2.05, 4.69) is 25.8 Å². The van der Waals surface area contributed by atoms with E-state index < -0.39 is 0 Å². The maximum atomic E-state index is 13.4. The molecule has 2 N–H and O–H groups in total. The van der Waals surface area contributed by atoms with E-state index in [9.17, 15) is 4.39 Å². The Kier molecular flexibility index (Phi) is 8.00. The molecule has 0 aliphatic carbocycles. The average molecular weight is 413 g/mol. The van der Waals surface area contributed by atoms with Crippen LogP contribution in [-0.4, -0.2) is 46.3 Å². The highest BCUT2D eigenvalue weighted by Crippen LogP contribution is 2.15. The van der Waals surface area contributed by atoms with Gasteiger partial charge >= 0.3 is 0 Å². The summed E-state index contributed by atoms with van der Waals surface area (Å²) in [5.74, 6) is 1.91. The predicted molar refractivity (Wildman–Crippen MR) is 116 cm³/mol. The molecule has 2 aromatic heterocycles. The summed E-state index contributed by atoms with van der Waals surface area (Å²) in [6.07, 6.45) is 4.35. The number of guanidine groups is 1. The van der Waals surface area contributed by atoms with Gasteiger partial charge in [-0.1, -0.05) is 19.1 Å². The lowest BCUT2D eigenvalue weighted by molar-refractivity contribution is 0.205. The van der Waals surface area contributed by atoms with Gasteiger partial charge in [-0.15, -0.1) is 10.2 Å². The van der Waals surface area contributed by atoms with Gasteiger partial charge in [-0.3, -0.25) is 4.40 Å². The highest BCUT2D eigenvalue weighted by atomic mass is 19.1. The molecule has 0 spiro atoms. The van der Waals surface area contributed by atoms with Crippen molar-refractivity contribution in [3.63, 3.8) is 0 Å². The molecule has 30 heavy (non-hydrogen) atoms. The van der Waals surface area contributed by atoms with E-state index in [0.29, 0.717) is 12.3 Å². The van der Waals surface area contributed by atoms with Crippen molar-refractivity contribution in [2.24, 2.45) is 4.99 Å². The van der Waals surface area contributed by atoms with Crippen LogP contribution in [0.4, 0.5) is 4.39 Å². The fourth-order valence-corrected chi connectivity index (χ4v) is 3.03. The minimum atomic E-state index is -0.304. The topological polar surface area (TPSA) is 75.8 Å². The van der Waals surface area contributed by atoms with Crippen LogP contribution in [0.3, 0.4) is 0 Å². The van der Waals surface area contributed by atoms with Crippen molar-refractivity contribution in [2.75, 3.05) is 19.6 Å². The number of benzene rings is 1. The third-order valence-electron chi connectivity index (χ3n) is 4.61. The summed E-state index contributed by atoms with van der Waals surface area (Å²) in [5, 5.41) is 15.0. The molecule has 0 fully saturated rings. The van der Waals surface area contributed by atoms with Gasteiger partial charge in [0, 0.05) is 31.8 Å². The Morgan fingerprint density at radius 2 is 2.07 bits per heavy atom. The summed E-state index contributed by atoms with van der Waals surface area (Å²) >= 11 is 0. The third-order valence-corrected chi connectivity index (χ3v) is 4.61. The molecule has 0 saturated heterocycles. The SMILES string of the molecule is CCNC(=NCC(CC)Oc1cccc(F)c1)NCCCc1nnc2ccccn12. The summed E-state index contributed by atoms with van der Waals surface area (Å²) in [7, 11) is 0. The second kappa shape index (κ2) is 11.1. The lowest BCUT2D eigenvalue weighted by Gasteiger charge is -2.17. The Balaban J connectivity index is 1.49. The number of ether oxygens (including phenoxy) is 1. The van der Waals surface area contributed by atoms with Gasteiger partial charge in [-0.25, -0.2) is 9.38 Å². The number of nitrogens with zero attached hydrogens (tertiary/aromatic N) is 4. The molecule has 0 radical (unpaired) electrons. The maximum Gasteiger partial charge on any atom is 0.191 e. The fourth-order valence-electron chi connectivity index (χ4n) is 3.03. The van der Waals surface area contributed by atoms with Gasteiger partial charge in [0.1, 0.15) is 23.5 Å². The van der Waals surface area contributed by atoms with Crippen LogP contribution in [-0.2, 0) is 6.42 Å². The molecule has 0 aliphatic heterocycles. The van der Waals surface area contributed by atoms with E-state index in [4.69, 9.17) is 4.74 Å². The molecular formula is C22H29FN6O. The van der Waals surface area contributed by atoms with Crippen LogP contribution in [0.1, 0.15) is 32.5 Å². The minimum Gasteiger partial charge on any atom is -0.488 e. The third kappa shape index (κ3) is 6.17. The molecule has 1 aromatic carbocycles. The lowest BCUT2D eigenvalue weighted by atomic mass is 10.2. The summed E-state index contributed by atoms with van der Waals surface area (Å²) in [6.45, 7) is 6.07. The molecule has 2 heterocycles. The van der Waals surface area contributed by atoms with Crippen molar-refractivity contribution in [1.82, 2.24) is 25.2 Å². The molecule has 1 unspecified atom stereocenters. The quantitative estimate of drug-likeness (QED) is 0.304. The van der Waals surface area contributed by atoms with Crippen molar-refractivity contribution in [3.05, 3.63) is 60.3 Å². The van der Waals surface area contributed by atoms with Gasteiger partial charge in [0.2, 0.25) is 0 Å². The second-order valence-electron chi connectivity index (χ2n) is 6.90. The number of hydrogen-bond acceptors (Lipinski definition) is 4. The number of nitrogens with one attached hydrogen (secondary N) is 2.